The minimum Gasteiger partial charge on any atom is -0.341 e. The van der Waals surface area contributed by atoms with Crippen LogP contribution in [0.2, 0.25) is 0 Å². The zero-order valence-electron chi connectivity index (χ0n) is 25.3. The van der Waals surface area contributed by atoms with Crippen molar-refractivity contribution in [2.75, 3.05) is 5.75 Å². The summed E-state index contributed by atoms with van der Waals surface area (Å²) in [5, 5.41) is 5.78. The Hall–Kier alpha value is -4.23. The second-order valence-corrected chi connectivity index (χ2v) is 12.0. The lowest BCUT2D eigenvalue weighted by molar-refractivity contribution is -0.140. The summed E-state index contributed by atoms with van der Waals surface area (Å²) in [5.74, 6) is -0.255. The predicted octanol–water partition coefficient (Wildman–Crippen LogP) is 8.56. The lowest BCUT2D eigenvalue weighted by atomic mass is 9.92. The molecule has 0 saturated heterocycles. The van der Waals surface area contributed by atoms with Gasteiger partial charge in [-0.05, 0) is 88.1 Å². The molecule has 0 N–H and O–H groups in total. The van der Waals surface area contributed by atoms with Crippen LogP contribution in [0, 0.1) is 13.8 Å². The summed E-state index contributed by atoms with van der Waals surface area (Å²) in [7, 11) is 0. The third kappa shape index (κ3) is 6.27. The average Bonchev–Trinajstić information content (AvgIpc) is 3.31. The maximum atomic E-state index is 13.8. The number of nitrogens with zero attached hydrogens (tertiary/aromatic N) is 2. The summed E-state index contributed by atoms with van der Waals surface area (Å²) in [4.78, 5) is 45.0. The summed E-state index contributed by atoms with van der Waals surface area (Å²) in [6.07, 6.45) is 6.16. The number of benzene rings is 3. The molecule has 1 aliphatic rings. The molecule has 1 aliphatic carbocycles. The third-order valence-electron chi connectivity index (χ3n) is 7.92. The molecular weight excluding hydrogens is 556 g/mol. The number of allylic oxidation sites excluding steroid dienone is 4. The molecule has 0 radical (unpaired) electrons. The summed E-state index contributed by atoms with van der Waals surface area (Å²) in [6, 6.07) is 17.6. The number of aryl methyl sites for hydroxylation is 3. The molecule has 220 valence electrons. The number of fused-ring (bicyclic) bond motifs is 3. The van der Waals surface area contributed by atoms with Crippen molar-refractivity contribution in [1.29, 1.82) is 0 Å². The third-order valence-corrected chi connectivity index (χ3v) is 9.26. The van der Waals surface area contributed by atoms with Crippen LogP contribution in [0.4, 0.5) is 0 Å². The summed E-state index contributed by atoms with van der Waals surface area (Å²) in [6.45, 7) is 10.2. The Morgan fingerprint density at radius 1 is 0.930 bits per heavy atom. The van der Waals surface area contributed by atoms with E-state index in [1.165, 1.54) is 22.9 Å². The Kier molecular flexibility index (Phi) is 9.11. The van der Waals surface area contributed by atoms with Crippen molar-refractivity contribution in [2.45, 2.75) is 65.3 Å². The van der Waals surface area contributed by atoms with Gasteiger partial charge in [-0.3, -0.25) is 9.59 Å². The summed E-state index contributed by atoms with van der Waals surface area (Å²) >= 11 is 1.66. The van der Waals surface area contributed by atoms with E-state index in [2.05, 4.69) is 48.7 Å². The lowest BCUT2D eigenvalue weighted by Crippen LogP contribution is -2.17. The van der Waals surface area contributed by atoms with Crippen LogP contribution in [0.1, 0.15) is 71.9 Å². The zero-order chi connectivity index (χ0) is 30.7. The average molecular weight is 593 g/mol. The van der Waals surface area contributed by atoms with Crippen LogP contribution >= 0.6 is 11.8 Å². The number of rotatable bonds is 10. The van der Waals surface area contributed by atoms with Gasteiger partial charge in [-0.15, -0.1) is 11.8 Å². The molecule has 5 rings (SSSR count). The summed E-state index contributed by atoms with van der Waals surface area (Å²) < 4.78 is 2.19. The number of hydrogen-bond donors (Lipinski definition) is 0. The molecule has 0 aliphatic heterocycles. The highest BCUT2D eigenvalue weighted by atomic mass is 32.2. The van der Waals surface area contributed by atoms with E-state index in [4.69, 9.17) is 4.84 Å². The van der Waals surface area contributed by atoms with Crippen LogP contribution in [0.5, 0.6) is 0 Å². The van der Waals surface area contributed by atoms with E-state index in [0.717, 1.165) is 52.3 Å². The Balaban J connectivity index is 1.50. The van der Waals surface area contributed by atoms with Crippen LogP contribution < -0.4 is 0 Å². The number of hydrogen-bond acceptors (Lipinski definition) is 6. The number of thioether (sulfide) groups is 1. The van der Waals surface area contributed by atoms with E-state index >= 15 is 0 Å². The highest BCUT2D eigenvalue weighted by Crippen LogP contribution is 2.33. The van der Waals surface area contributed by atoms with Crippen LogP contribution in [0.3, 0.4) is 0 Å². The van der Waals surface area contributed by atoms with Crippen LogP contribution in [0.25, 0.3) is 21.8 Å². The maximum Gasteiger partial charge on any atom is 0.331 e. The van der Waals surface area contributed by atoms with Gasteiger partial charge >= 0.3 is 5.97 Å². The lowest BCUT2D eigenvalue weighted by Gasteiger charge is -2.12. The fraction of sp³-hybridized carbons (Fsp3) is 0.278. The van der Waals surface area contributed by atoms with Gasteiger partial charge in [-0.1, -0.05) is 41.1 Å². The normalized spacial score (nSPS) is 13.7. The van der Waals surface area contributed by atoms with Gasteiger partial charge in [0.15, 0.2) is 5.78 Å². The number of carbonyl (C=O) groups is 3. The second kappa shape index (κ2) is 13.0. The van der Waals surface area contributed by atoms with Gasteiger partial charge in [0.1, 0.15) is 5.71 Å². The Morgan fingerprint density at radius 3 is 2.21 bits per heavy atom. The molecule has 0 amide bonds. The number of oxime groups is 1. The van der Waals surface area contributed by atoms with Gasteiger partial charge < -0.3 is 9.40 Å². The first-order valence-corrected chi connectivity index (χ1v) is 15.6. The fourth-order valence-corrected chi connectivity index (χ4v) is 6.78. The topological polar surface area (TPSA) is 77.7 Å². The first kappa shape index (κ1) is 30.2. The SMILES string of the molecule is CCn1c2ccc(C(=O)C3=C(C)CCC=C3)cc2c2cc(C(=O)/C(CCSc3c(C)cccc3C)=N/OC(C)=O)ccc21. The standard InChI is InChI=1S/C36H36N2O4S/c1-6-38-32-16-14-26(34(40)28-13-8-7-10-22(28)2)20-29(32)30-21-27(15-17-33(30)38)35(41)31(37-42-25(5)39)18-19-43-36-23(3)11-9-12-24(36)4/h8-9,11-17,20-21H,6-7,10,18-19H2,1-5H3/b37-31+. The van der Waals surface area contributed by atoms with E-state index in [0.29, 0.717) is 23.3 Å². The first-order chi connectivity index (χ1) is 20.7. The predicted molar refractivity (Wildman–Crippen MR) is 175 cm³/mol. The Bertz CT molecular complexity index is 1840. The second-order valence-electron chi connectivity index (χ2n) is 10.9. The number of aromatic nitrogens is 1. The van der Waals surface area contributed by atoms with Gasteiger partial charge in [0.25, 0.3) is 0 Å². The molecule has 0 unspecified atom stereocenters. The molecule has 3 aromatic carbocycles. The quantitative estimate of drug-likeness (QED) is 0.0606. The minimum atomic E-state index is -0.579. The Labute approximate surface area is 256 Å². The molecule has 7 heteroatoms. The molecule has 1 heterocycles. The highest BCUT2D eigenvalue weighted by Gasteiger charge is 2.21. The van der Waals surface area contributed by atoms with Crippen molar-refractivity contribution in [3.8, 4) is 0 Å². The van der Waals surface area contributed by atoms with Crippen LogP contribution in [0.15, 0.2) is 87.9 Å². The number of ketones is 2. The van der Waals surface area contributed by atoms with Crippen LogP contribution in [-0.4, -0.2) is 33.6 Å². The van der Waals surface area contributed by atoms with Crippen molar-refractivity contribution >= 4 is 56.8 Å². The summed E-state index contributed by atoms with van der Waals surface area (Å²) in [5.41, 5.74) is 7.47. The molecular formula is C36H36N2O4S. The molecule has 0 fully saturated rings. The molecule has 4 aromatic rings. The fourth-order valence-electron chi connectivity index (χ4n) is 5.69. The number of Topliss-reactive ketones (excluding diaryl/α,β-unsaturated/α-hetero) is 2. The van der Waals surface area contributed by atoms with E-state index in [1.54, 1.807) is 17.8 Å². The van der Waals surface area contributed by atoms with Crippen molar-refractivity contribution in [3.05, 3.63) is 100 Å². The monoisotopic (exact) mass is 592 g/mol. The number of carbonyl (C=O) groups excluding carboxylic acids is 3. The largest absolute Gasteiger partial charge is 0.341 e. The zero-order valence-corrected chi connectivity index (χ0v) is 26.1. The molecule has 1 aromatic heterocycles. The van der Waals surface area contributed by atoms with Gasteiger partial charge in [0, 0.05) is 69.0 Å². The smallest absolute Gasteiger partial charge is 0.331 e. The van der Waals surface area contributed by atoms with E-state index in [1.807, 2.05) is 49.4 Å². The maximum absolute atomic E-state index is 13.8. The molecule has 43 heavy (non-hydrogen) atoms. The van der Waals surface area contributed by atoms with Gasteiger partial charge in [0.2, 0.25) is 5.78 Å². The molecule has 6 nitrogen and oxygen atoms in total. The van der Waals surface area contributed by atoms with Crippen LogP contribution in [-0.2, 0) is 16.2 Å². The van der Waals surface area contributed by atoms with Gasteiger partial charge in [0.05, 0.1) is 0 Å². The van der Waals surface area contributed by atoms with Gasteiger partial charge in [-0.25, -0.2) is 4.79 Å². The van der Waals surface area contributed by atoms with E-state index in [9.17, 15) is 14.4 Å². The minimum absolute atomic E-state index is 0.0113. The Morgan fingerprint density at radius 2 is 1.58 bits per heavy atom. The highest BCUT2D eigenvalue weighted by molar-refractivity contribution is 7.99. The van der Waals surface area contributed by atoms with E-state index in [-0.39, 0.29) is 17.3 Å². The van der Waals surface area contributed by atoms with Gasteiger partial charge in [-0.2, -0.15) is 0 Å². The molecule has 0 bridgehead atoms. The molecule has 0 spiro atoms. The first-order valence-electron chi connectivity index (χ1n) is 14.6. The van der Waals surface area contributed by atoms with Crippen molar-refractivity contribution in [3.63, 3.8) is 0 Å². The molecule has 0 atom stereocenters. The van der Waals surface area contributed by atoms with E-state index < -0.39 is 5.97 Å². The van der Waals surface area contributed by atoms with Crippen molar-refractivity contribution in [1.82, 2.24) is 4.57 Å². The molecule has 0 saturated carbocycles. The van der Waals surface area contributed by atoms with Crippen molar-refractivity contribution in [2.24, 2.45) is 5.16 Å². The van der Waals surface area contributed by atoms with Crippen molar-refractivity contribution < 1.29 is 19.2 Å².